The van der Waals surface area contributed by atoms with Crippen LogP contribution in [0.2, 0.25) is 0 Å². The van der Waals surface area contributed by atoms with Crippen LogP contribution in [0.1, 0.15) is 5.56 Å². The molecule has 6 heteroatoms. The molecule has 2 aromatic heterocycles. The molecule has 0 radical (unpaired) electrons. The molecule has 1 aromatic carbocycles. The summed E-state index contributed by atoms with van der Waals surface area (Å²) >= 11 is 0. The van der Waals surface area contributed by atoms with Gasteiger partial charge in [0.05, 0.1) is 5.56 Å². The predicted octanol–water partition coefficient (Wildman–Crippen LogP) is 3.83. The van der Waals surface area contributed by atoms with Gasteiger partial charge in [0.2, 0.25) is 0 Å². The lowest BCUT2D eigenvalue weighted by Gasteiger charge is -2.05. The van der Waals surface area contributed by atoms with E-state index in [4.69, 9.17) is 5.73 Å². The van der Waals surface area contributed by atoms with Crippen LogP contribution in [0, 0.1) is 0 Å². The van der Waals surface area contributed by atoms with E-state index >= 15 is 0 Å². The molecule has 0 bridgehead atoms. The summed E-state index contributed by atoms with van der Waals surface area (Å²) in [7, 11) is 0. The molecule has 0 saturated carbocycles. The van der Waals surface area contributed by atoms with Crippen LogP contribution in [0.15, 0.2) is 42.6 Å². The number of aromatic nitrogens is 2. The van der Waals surface area contributed by atoms with E-state index in [1.54, 1.807) is 24.4 Å². The first kappa shape index (κ1) is 12.5. The molecule has 0 spiro atoms. The fourth-order valence-electron chi connectivity index (χ4n) is 2.03. The van der Waals surface area contributed by atoms with Crippen LogP contribution in [-0.4, -0.2) is 9.97 Å². The van der Waals surface area contributed by atoms with Gasteiger partial charge in [0.15, 0.2) is 0 Å². The minimum Gasteiger partial charge on any atom is -0.384 e. The molecule has 0 aliphatic carbocycles. The van der Waals surface area contributed by atoms with Crippen molar-refractivity contribution in [2.45, 2.75) is 6.18 Å². The van der Waals surface area contributed by atoms with E-state index in [2.05, 4.69) is 9.97 Å². The van der Waals surface area contributed by atoms with Gasteiger partial charge >= 0.3 is 6.18 Å². The van der Waals surface area contributed by atoms with Crippen molar-refractivity contribution in [2.24, 2.45) is 0 Å². The molecule has 0 amide bonds. The summed E-state index contributed by atoms with van der Waals surface area (Å²) in [5, 5.41) is 0.506. The van der Waals surface area contributed by atoms with Crippen molar-refractivity contribution < 1.29 is 13.2 Å². The Balaban J connectivity index is 2.09. The van der Waals surface area contributed by atoms with E-state index in [0.29, 0.717) is 22.4 Å². The number of rotatable bonds is 1. The third kappa shape index (κ3) is 2.20. The molecule has 3 nitrogen and oxygen atoms in total. The number of nitrogen functional groups attached to an aromatic ring is 1. The van der Waals surface area contributed by atoms with Gasteiger partial charge in [-0.1, -0.05) is 0 Å². The van der Waals surface area contributed by atoms with Gasteiger partial charge in [0.1, 0.15) is 5.82 Å². The second-order valence-electron chi connectivity index (χ2n) is 4.45. The maximum atomic E-state index is 12.7. The minimum atomic E-state index is -4.34. The van der Waals surface area contributed by atoms with Gasteiger partial charge in [-0.2, -0.15) is 13.2 Å². The second-order valence-corrected chi connectivity index (χ2v) is 4.45. The Kier molecular flexibility index (Phi) is 2.67. The number of hydrogen-bond acceptors (Lipinski definition) is 2. The maximum absolute atomic E-state index is 12.7. The number of nitrogens with one attached hydrogen (secondary N) is 1. The highest BCUT2D eigenvalue weighted by Crippen LogP contribution is 2.32. The van der Waals surface area contributed by atoms with Crippen LogP contribution in [0.25, 0.3) is 22.2 Å². The monoisotopic (exact) mass is 277 g/mol. The molecular formula is C14H10F3N3. The zero-order valence-corrected chi connectivity index (χ0v) is 10.2. The van der Waals surface area contributed by atoms with Crippen molar-refractivity contribution in [3.8, 4) is 11.3 Å². The standard InChI is InChI=1S/C14H10F3N3/c15-14(16,17)10-2-3-11-9(5-10)6-12(20-11)8-1-4-13(18)19-7-8/h1-7,20H,(H2,18,19). The number of hydrogen-bond donors (Lipinski definition) is 2. The quantitative estimate of drug-likeness (QED) is 0.710. The molecule has 0 fully saturated rings. The van der Waals surface area contributed by atoms with Crippen LogP contribution >= 0.6 is 0 Å². The Morgan fingerprint density at radius 3 is 2.50 bits per heavy atom. The Labute approximate surface area is 112 Å². The number of fused-ring (bicyclic) bond motifs is 1. The number of halogens is 3. The second kappa shape index (κ2) is 4.26. The maximum Gasteiger partial charge on any atom is 0.416 e. The van der Waals surface area contributed by atoms with E-state index in [0.717, 1.165) is 17.7 Å². The van der Waals surface area contributed by atoms with Gasteiger partial charge in [-0.15, -0.1) is 0 Å². The van der Waals surface area contributed by atoms with Crippen molar-refractivity contribution in [3.05, 3.63) is 48.2 Å². The van der Waals surface area contributed by atoms with Crippen LogP contribution in [-0.2, 0) is 6.18 Å². The average molecular weight is 277 g/mol. The Bertz CT molecular complexity index is 757. The summed E-state index contributed by atoms with van der Waals surface area (Å²) in [6.45, 7) is 0. The molecular weight excluding hydrogens is 267 g/mol. The van der Waals surface area contributed by atoms with Gasteiger partial charge in [0.25, 0.3) is 0 Å². The summed E-state index contributed by atoms with van der Waals surface area (Å²) in [6.07, 6.45) is -2.76. The van der Waals surface area contributed by atoms with Gasteiger partial charge < -0.3 is 10.7 Å². The molecule has 0 saturated heterocycles. The molecule has 0 atom stereocenters. The minimum absolute atomic E-state index is 0.393. The van der Waals surface area contributed by atoms with Gasteiger partial charge in [-0.3, -0.25) is 0 Å². The van der Waals surface area contributed by atoms with Crippen molar-refractivity contribution in [2.75, 3.05) is 5.73 Å². The van der Waals surface area contributed by atoms with Crippen LogP contribution in [0.3, 0.4) is 0 Å². The lowest BCUT2D eigenvalue weighted by Crippen LogP contribution is -2.03. The smallest absolute Gasteiger partial charge is 0.384 e. The third-order valence-corrected chi connectivity index (χ3v) is 3.05. The largest absolute Gasteiger partial charge is 0.416 e. The molecule has 3 N–H and O–H groups in total. The summed E-state index contributed by atoms with van der Waals surface area (Å²) in [4.78, 5) is 7.02. The topological polar surface area (TPSA) is 54.7 Å². The summed E-state index contributed by atoms with van der Waals surface area (Å²) < 4.78 is 38.0. The van der Waals surface area contributed by atoms with Crippen LogP contribution in [0.4, 0.5) is 19.0 Å². The van der Waals surface area contributed by atoms with E-state index in [1.165, 1.54) is 6.07 Å². The highest BCUT2D eigenvalue weighted by atomic mass is 19.4. The molecule has 0 aliphatic heterocycles. The summed E-state index contributed by atoms with van der Waals surface area (Å²) in [6, 6.07) is 8.67. The Hall–Kier alpha value is -2.50. The first-order valence-corrected chi connectivity index (χ1v) is 5.85. The van der Waals surface area contributed by atoms with Crippen molar-refractivity contribution in [3.63, 3.8) is 0 Å². The molecule has 0 unspecified atom stereocenters. The van der Waals surface area contributed by atoms with Crippen molar-refractivity contribution >= 4 is 16.7 Å². The number of benzene rings is 1. The van der Waals surface area contributed by atoms with Gasteiger partial charge in [-0.05, 0) is 36.4 Å². The average Bonchev–Trinajstić information content (AvgIpc) is 2.81. The van der Waals surface area contributed by atoms with Crippen LogP contribution < -0.4 is 5.73 Å². The number of alkyl halides is 3. The number of aromatic amines is 1. The fourth-order valence-corrected chi connectivity index (χ4v) is 2.03. The zero-order valence-electron chi connectivity index (χ0n) is 10.2. The van der Waals surface area contributed by atoms with E-state index in [9.17, 15) is 13.2 Å². The van der Waals surface area contributed by atoms with E-state index < -0.39 is 11.7 Å². The Morgan fingerprint density at radius 1 is 1.05 bits per heavy atom. The first-order valence-electron chi connectivity index (χ1n) is 5.85. The lowest BCUT2D eigenvalue weighted by atomic mass is 10.1. The summed E-state index contributed by atoms with van der Waals surface area (Å²) in [5.41, 5.74) is 6.95. The van der Waals surface area contributed by atoms with Crippen molar-refractivity contribution in [1.82, 2.24) is 9.97 Å². The molecule has 0 aliphatic rings. The molecule has 102 valence electrons. The highest BCUT2D eigenvalue weighted by molar-refractivity contribution is 5.86. The normalized spacial score (nSPS) is 11.9. The number of anilines is 1. The zero-order chi connectivity index (χ0) is 14.3. The Morgan fingerprint density at radius 2 is 1.85 bits per heavy atom. The number of H-pyrrole nitrogens is 1. The SMILES string of the molecule is Nc1ccc(-c2cc3cc(C(F)(F)F)ccc3[nH]2)cn1. The summed E-state index contributed by atoms with van der Waals surface area (Å²) in [5.74, 6) is 0.393. The number of nitrogens with zero attached hydrogens (tertiary/aromatic N) is 1. The van der Waals surface area contributed by atoms with Gasteiger partial charge in [0, 0.05) is 28.4 Å². The number of nitrogens with two attached hydrogens (primary N) is 1. The number of pyridine rings is 1. The third-order valence-electron chi connectivity index (χ3n) is 3.05. The fraction of sp³-hybridized carbons (Fsp3) is 0.0714. The predicted molar refractivity (Wildman–Crippen MR) is 70.9 cm³/mol. The van der Waals surface area contributed by atoms with Gasteiger partial charge in [-0.25, -0.2) is 4.98 Å². The molecule has 3 rings (SSSR count). The van der Waals surface area contributed by atoms with Crippen molar-refractivity contribution in [1.29, 1.82) is 0 Å². The molecule has 2 heterocycles. The lowest BCUT2D eigenvalue weighted by molar-refractivity contribution is -0.137. The van der Waals surface area contributed by atoms with Crippen LogP contribution in [0.5, 0.6) is 0 Å². The highest BCUT2D eigenvalue weighted by Gasteiger charge is 2.30. The van der Waals surface area contributed by atoms with E-state index in [-0.39, 0.29) is 0 Å². The van der Waals surface area contributed by atoms with E-state index in [1.807, 2.05) is 0 Å². The molecule has 20 heavy (non-hydrogen) atoms. The molecule has 3 aromatic rings. The first-order chi connectivity index (χ1) is 9.43.